The number of nitrogens with zero attached hydrogens (tertiary/aromatic N) is 1. The van der Waals surface area contributed by atoms with Gasteiger partial charge in [-0.25, -0.2) is 12.7 Å². The summed E-state index contributed by atoms with van der Waals surface area (Å²) in [4.78, 5) is 12.3. The SMILES string of the molecule is CCS(=O)(=O)N1CCC(C(=O)Nc2ccc(Br)cc2Cl)CC1. The van der Waals surface area contributed by atoms with E-state index in [-0.39, 0.29) is 17.6 Å². The highest BCUT2D eigenvalue weighted by Gasteiger charge is 2.30. The highest BCUT2D eigenvalue weighted by atomic mass is 79.9. The standard InChI is InChI=1S/C14H18BrClN2O3S/c1-2-22(20,21)18-7-5-10(6-8-18)14(19)17-13-4-3-11(15)9-12(13)16/h3-4,9-10H,2,5-8H2,1H3,(H,17,19). The summed E-state index contributed by atoms with van der Waals surface area (Å²) in [6.07, 6.45) is 1.05. The van der Waals surface area contributed by atoms with Crippen LogP contribution in [-0.2, 0) is 14.8 Å². The molecule has 1 aliphatic rings. The molecular weight excluding hydrogens is 392 g/mol. The Hall–Kier alpha value is -0.630. The number of benzene rings is 1. The number of carbonyl (C=O) groups excluding carboxylic acids is 1. The van der Waals surface area contributed by atoms with Gasteiger partial charge in [-0.3, -0.25) is 4.79 Å². The van der Waals surface area contributed by atoms with Crippen molar-refractivity contribution in [3.05, 3.63) is 27.7 Å². The Bertz CT molecular complexity index is 658. The van der Waals surface area contributed by atoms with Crippen molar-refractivity contribution in [2.24, 2.45) is 5.92 Å². The van der Waals surface area contributed by atoms with E-state index in [9.17, 15) is 13.2 Å². The molecule has 1 fully saturated rings. The van der Waals surface area contributed by atoms with E-state index in [1.54, 1.807) is 25.1 Å². The molecule has 0 aliphatic carbocycles. The first-order valence-corrected chi connectivity index (χ1v) is 9.85. The van der Waals surface area contributed by atoms with Crippen molar-refractivity contribution in [3.63, 3.8) is 0 Å². The molecular formula is C14H18BrClN2O3S. The second kappa shape index (κ2) is 7.29. The Kier molecular flexibility index (Phi) is 5.87. The normalized spacial score (nSPS) is 17.4. The molecule has 1 saturated heterocycles. The Morgan fingerprint density at radius 2 is 2.05 bits per heavy atom. The second-order valence-electron chi connectivity index (χ2n) is 5.19. The summed E-state index contributed by atoms with van der Waals surface area (Å²) in [5.41, 5.74) is 0.568. The average Bonchev–Trinajstić information content (AvgIpc) is 2.50. The highest BCUT2D eigenvalue weighted by Crippen LogP contribution is 2.27. The number of hydrogen-bond acceptors (Lipinski definition) is 3. The molecule has 0 aromatic heterocycles. The molecule has 0 radical (unpaired) electrons. The number of amides is 1. The lowest BCUT2D eigenvalue weighted by Gasteiger charge is -2.30. The molecule has 1 N–H and O–H groups in total. The van der Waals surface area contributed by atoms with Crippen LogP contribution in [0.1, 0.15) is 19.8 Å². The van der Waals surface area contributed by atoms with Gasteiger partial charge < -0.3 is 5.32 Å². The van der Waals surface area contributed by atoms with Crippen molar-refractivity contribution in [1.29, 1.82) is 0 Å². The van der Waals surface area contributed by atoms with Crippen LogP contribution < -0.4 is 5.32 Å². The van der Waals surface area contributed by atoms with Crippen LogP contribution in [0.15, 0.2) is 22.7 Å². The number of halogens is 2. The monoisotopic (exact) mass is 408 g/mol. The van der Waals surface area contributed by atoms with Crippen LogP contribution in [-0.4, -0.2) is 37.5 Å². The summed E-state index contributed by atoms with van der Waals surface area (Å²) in [5, 5.41) is 3.28. The first-order chi connectivity index (χ1) is 10.3. The molecule has 0 unspecified atom stereocenters. The van der Waals surface area contributed by atoms with E-state index < -0.39 is 10.0 Å². The van der Waals surface area contributed by atoms with Gasteiger partial charge in [0.15, 0.2) is 0 Å². The quantitative estimate of drug-likeness (QED) is 0.831. The van der Waals surface area contributed by atoms with Gasteiger partial charge in [0, 0.05) is 23.5 Å². The summed E-state index contributed by atoms with van der Waals surface area (Å²) < 4.78 is 25.9. The molecule has 22 heavy (non-hydrogen) atoms. The molecule has 2 rings (SSSR count). The molecule has 0 bridgehead atoms. The third-order valence-corrected chi connectivity index (χ3v) is 6.46. The Morgan fingerprint density at radius 3 is 2.59 bits per heavy atom. The number of piperidine rings is 1. The summed E-state index contributed by atoms with van der Waals surface area (Å²) in [7, 11) is -3.17. The molecule has 122 valence electrons. The van der Waals surface area contributed by atoms with E-state index in [2.05, 4.69) is 21.2 Å². The Balaban J connectivity index is 1.95. The zero-order valence-corrected chi connectivity index (χ0v) is 15.3. The van der Waals surface area contributed by atoms with E-state index in [0.717, 1.165) is 4.47 Å². The van der Waals surface area contributed by atoms with Gasteiger partial charge in [0.1, 0.15) is 0 Å². The predicted molar refractivity (Wildman–Crippen MR) is 91.5 cm³/mol. The molecule has 0 saturated carbocycles. The topological polar surface area (TPSA) is 66.5 Å². The molecule has 1 aliphatic heterocycles. The minimum atomic E-state index is -3.17. The van der Waals surface area contributed by atoms with Gasteiger partial charge in [-0.2, -0.15) is 0 Å². The molecule has 1 aromatic rings. The smallest absolute Gasteiger partial charge is 0.227 e. The molecule has 0 spiro atoms. The van der Waals surface area contributed by atoms with Gasteiger partial charge in [0.25, 0.3) is 0 Å². The van der Waals surface area contributed by atoms with E-state index in [1.165, 1.54) is 4.31 Å². The van der Waals surface area contributed by atoms with E-state index in [1.807, 2.05) is 0 Å². The average molecular weight is 410 g/mol. The zero-order valence-electron chi connectivity index (χ0n) is 12.2. The van der Waals surface area contributed by atoms with Gasteiger partial charge in [-0.15, -0.1) is 0 Å². The summed E-state index contributed by atoms with van der Waals surface area (Å²) in [6.45, 7) is 2.41. The van der Waals surface area contributed by atoms with E-state index >= 15 is 0 Å². The summed E-state index contributed by atoms with van der Waals surface area (Å²) in [5.74, 6) is -0.209. The van der Waals surface area contributed by atoms with Gasteiger partial charge in [-0.05, 0) is 38.0 Å². The lowest BCUT2D eigenvalue weighted by molar-refractivity contribution is -0.120. The van der Waals surface area contributed by atoms with Crippen molar-refractivity contribution >= 4 is 49.1 Å². The maximum atomic E-state index is 12.3. The number of rotatable bonds is 4. The van der Waals surface area contributed by atoms with Crippen LogP contribution in [0.4, 0.5) is 5.69 Å². The second-order valence-corrected chi connectivity index (χ2v) is 8.77. The van der Waals surface area contributed by atoms with Crippen LogP contribution in [0.3, 0.4) is 0 Å². The first kappa shape index (κ1) is 17.7. The third-order valence-electron chi connectivity index (χ3n) is 3.77. The fourth-order valence-corrected chi connectivity index (χ4v) is 4.26. The van der Waals surface area contributed by atoms with Crippen LogP contribution in [0.25, 0.3) is 0 Å². The fourth-order valence-electron chi connectivity index (χ4n) is 2.40. The van der Waals surface area contributed by atoms with Crippen molar-refractivity contribution < 1.29 is 13.2 Å². The number of sulfonamides is 1. The molecule has 0 atom stereocenters. The van der Waals surface area contributed by atoms with Gasteiger partial charge in [0.05, 0.1) is 16.5 Å². The van der Waals surface area contributed by atoms with Gasteiger partial charge in [0.2, 0.25) is 15.9 Å². The van der Waals surface area contributed by atoms with Crippen LogP contribution in [0.5, 0.6) is 0 Å². The van der Waals surface area contributed by atoms with Crippen LogP contribution in [0.2, 0.25) is 5.02 Å². The molecule has 1 heterocycles. The molecule has 5 nitrogen and oxygen atoms in total. The Morgan fingerprint density at radius 1 is 1.41 bits per heavy atom. The largest absolute Gasteiger partial charge is 0.325 e. The van der Waals surface area contributed by atoms with Crippen molar-refractivity contribution in [1.82, 2.24) is 4.31 Å². The minimum absolute atomic E-state index is 0.0956. The van der Waals surface area contributed by atoms with Crippen molar-refractivity contribution in [2.75, 3.05) is 24.2 Å². The van der Waals surface area contributed by atoms with Crippen LogP contribution in [0, 0.1) is 5.92 Å². The van der Waals surface area contributed by atoms with E-state index in [0.29, 0.717) is 36.6 Å². The summed E-state index contributed by atoms with van der Waals surface area (Å²) >= 11 is 9.39. The molecule has 1 aromatic carbocycles. The van der Waals surface area contributed by atoms with Gasteiger partial charge >= 0.3 is 0 Å². The van der Waals surface area contributed by atoms with Crippen LogP contribution >= 0.6 is 27.5 Å². The van der Waals surface area contributed by atoms with E-state index in [4.69, 9.17) is 11.6 Å². The number of nitrogens with one attached hydrogen (secondary N) is 1. The lowest BCUT2D eigenvalue weighted by Crippen LogP contribution is -2.42. The maximum Gasteiger partial charge on any atom is 0.227 e. The maximum absolute atomic E-state index is 12.3. The molecule has 8 heteroatoms. The van der Waals surface area contributed by atoms with Gasteiger partial charge in [-0.1, -0.05) is 27.5 Å². The third kappa shape index (κ3) is 4.22. The predicted octanol–water partition coefficient (Wildman–Crippen LogP) is 3.10. The minimum Gasteiger partial charge on any atom is -0.325 e. The summed E-state index contributed by atoms with van der Waals surface area (Å²) in [6, 6.07) is 5.26. The number of anilines is 1. The number of hydrogen-bond donors (Lipinski definition) is 1. The number of carbonyl (C=O) groups is 1. The highest BCUT2D eigenvalue weighted by molar-refractivity contribution is 9.10. The van der Waals surface area contributed by atoms with Crippen molar-refractivity contribution in [3.8, 4) is 0 Å². The zero-order chi connectivity index (χ0) is 16.3. The first-order valence-electron chi connectivity index (χ1n) is 7.07. The molecule has 1 amide bonds. The Labute approximate surface area is 144 Å². The fraction of sp³-hybridized carbons (Fsp3) is 0.500. The van der Waals surface area contributed by atoms with Crippen molar-refractivity contribution in [2.45, 2.75) is 19.8 Å². The lowest BCUT2D eigenvalue weighted by atomic mass is 9.97.